The Labute approximate surface area is 176 Å². The van der Waals surface area contributed by atoms with Gasteiger partial charge in [-0.3, -0.25) is 19.8 Å². The zero-order valence-electron chi connectivity index (χ0n) is 15.6. The molecule has 1 aliphatic rings. The highest BCUT2D eigenvalue weighted by Gasteiger charge is 2.28. The molecule has 1 fully saturated rings. The molecule has 1 atom stereocenters. The molecule has 1 aliphatic heterocycles. The number of ether oxygens (including phenoxy) is 1. The van der Waals surface area contributed by atoms with Crippen molar-refractivity contribution in [1.29, 1.82) is 0 Å². The lowest BCUT2D eigenvalue weighted by molar-refractivity contribution is -0.384. The van der Waals surface area contributed by atoms with Gasteiger partial charge in [-0.15, -0.1) is 0 Å². The molecule has 150 valence electrons. The number of nitrogens with zero attached hydrogens (tertiary/aromatic N) is 3. The molecule has 0 bridgehead atoms. The topological polar surface area (TPSA) is 85.6 Å². The minimum Gasteiger partial charge on any atom is -0.376 e. The molecular formula is C20H18ClN3O4S. The van der Waals surface area contributed by atoms with Gasteiger partial charge in [0, 0.05) is 29.3 Å². The number of carbonyl (C=O) groups is 1. The van der Waals surface area contributed by atoms with E-state index in [1.54, 1.807) is 11.0 Å². The van der Waals surface area contributed by atoms with Crippen molar-refractivity contribution in [3.63, 3.8) is 0 Å². The highest BCUT2D eigenvalue weighted by atomic mass is 35.5. The Hall–Kier alpha value is -2.55. The van der Waals surface area contributed by atoms with E-state index in [-0.39, 0.29) is 23.3 Å². The van der Waals surface area contributed by atoms with E-state index in [9.17, 15) is 14.9 Å². The van der Waals surface area contributed by atoms with Gasteiger partial charge in [0.15, 0.2) is 5.13 Å². The third-order valence-electron chi connectivity index (χ3n) is 4.93. The monoisotopic (exact) mass is 431 g/mol. The van der Waals surface area contributed by atoms with Crippen LogP contribution in [0.5, 0.6) is 0 Å². The smallest absolute Gasteiger partial charge is 0.270 e. The van der Waals surface area contributed by atoms with Crippen molar-refractivity contribution >= 4 is 49.9 Å². The summed E-state index contributed by atoms with van der Waals surface area (Å²) in [5.74, 6) is -0.341. The number of hydrogen-bond donors (Lipinski definition) is 0. The number of halogens is 1. The van der Waals surface area contributed by atoms with E-state index in [0.29, 0.717) is 23.3 Å². The first-order valence-electron chi connectivity index (χ1n) is 9.17. The quantitative estimate of drug-likeness (QED) is 0.419. The molecular weight excluding hydrogens is 414 g/mol. The summed E-state index contributed by atoms with van der Waals surface area (Å²) < 4.78 is 6.65. The second-order valence-electron chi connectivity index (χ2n) is 6.87. The van der Waals surface area contributed by atoms with Crippen LogP contribution in [0.2, 0.25) is 5.02 Å². The number of nitro groups is 1. The van der Waals surface area contributed by atoms with Gasteiger partial charge >= 0.3 is 0 Å². The fraction of sp³-hybridized carbons (Fsp3) is 0.300. The van der Waals surface area contributed by atoms with Crippen LogP contribution in [-0.4, -0.2) is 35.1 Å². The number of rotatable bonds is 5. The normalized spacial score (nSPS) is 16.3. The van der Waals surface area contributed by atoms with Crippen LogP contribution < -0.4 is 4.90 Å². The Morgan fingerprint density at radius 3 is 2.97 bits per heavy atom. The van der Waals surface area contributed by atoms with Crippen molar-refractivity contribution in [3.05, 3.63) is 62.7 Å². The Kier molecular flexibility index (Phi) is 5.49. The summed E-state index contributed by atoms with van der Waals surface area (Å²) in [7, 11) is 0. The maximum absolute atomic E-state index is 13.3. The van der Waals surface area contributed by atoms with Gasteiger partial charge in [-0.2, -0.15) is 0 Å². The summed E-state index contributed by atoms with van der Waals surface area (Å²) in [5, 5.41) is 12.3. The van der Waals surface area contributed by atoms with Gasteiger partial charge in [0.1, 0.15) is 0 Å². The van der Waals surface area contributed by atoms with Crippen LogP contribution in [-0.2, 0) is 4.74 Å². The first-order valence-corrected chi connectivity index (χ1v) is 10.4. The van der Waals surface area contributed by atoms with Crippen molar-refractivity contribution in [3.8, 4) is 0 Å². The van der Waals surface area contributed by atoms with E-state index in [1.807, 2.05) is 19.1 Å². The van der Waals surface area contributed by atoms with E-state index in [2.05, 4.69) is 4.98 Å². The van der Waals surface area contributed by atoms with Crippen LogP contribution in [0.1, 0.15) is 28.8 Å². The summed E-state index contributed by atoms with van der Waals surface area (Å²) in [6.45, 7) is 2.90. The predicted octanol–water partition coefficient (Wildman–Crippen LogP) is 4.99. The van der Waals surface area contributed by atoms with Gasteiger partial charge in [-0.1, -0.05) is 29.0 Å². The molecule has 1 aromatic heterocycles. The fourth-order valence-electron chi connectivity index (χ4n) is 3.35. The van der Waals surface area contributed by atoms with Crippen molar-refractivity contribution in [1.82, 2.24) is 4.98 Å². The zero-order chi connectivity index (χ0) is 20.5. The van der Waals surface area contributed by atoms with Gasteiger partial charge in [0.05, 0.1) is 27.8 Å². The van der Waals surface area contributed by atoms with E-state index in [4.69, 9.17) is 16.3 Å². The van der Waals surface area contributed by atoms with Crippen LogP contribution in [0.4, 0.5) is 10.8 Å². The molecule has 0 N–H and O–H groups in total. The molecule has 0 spiro atoms. The van der Waals surface area contributed by atoms with Gasteiger partial charge < -0.3 is 4.74 Å². The van der Waals surface area contributed by atoms with Crippen LogP contribution >= 0.6 is 22.9 Å². The van der Waals surface area contributed by atoms with Crippen LogP contribution in [0.25, 0.3) is 10.2 Å². The number of aryl methyl sites for hydroxylation is 1. The number of benzene rings is 2. The predicted molar refractivity (Wildman–Crippen MR) is 113 cm³/mol. The van der Waals surface area contributed by atoms with Crippen LogP contribution in [0.15, 0.2) is 36.4 Å². The van der Waals surface area contributed by atoms with Gasteiger partial charge in [0.25, 0.3) is 11.6 Å². The van der Waals surface area contributed by atoms with E-state index >= 15 is 0 Å². The average Bonchev–Trinajstić information content (AvgIpc) is 3.38. The van der Waals surface area contributed by atoms with E-state index < -0.39 is 4.92 Å². The lowest BCUT2D eigenvalue weighted by atomic mass is 10.1. The summed E-state index contributed by atoms with van der Waals surface area (Å²) in [5.41, 5.74) is 1.72. The Balaban J connectivity index is 1.75. The summed E-state index contributed by atoms with van der Waals surface area (Å²) >= 11 is 7.61. The lowest BCUT2D eigenvalue weighted by Gasteiger charge is -2.23. The largest absolute Gasteiger partial charge is 0.376 e. The van der Waals surface area contributed by atoms with E-state index in [0.717, 1.165) is 28.6 Å². The minimum atomic E-state index is -0.510. The molecule has 2 heterocycles. The summed E-state index contributed by atoms with van der Waals surface area (Å²) in [4.78, 5) is 30.2. The minimum absolute atomic E-state index is 0.0886. The molecule has 7 nitrogen and oxygen atoms in total. The number of carbonyl (C=O) groups excluding carboxylic acids is 1. The molecule has 1 saturated heterocycles. The SMILES string of the molecule is Cc1c(Cl)ccc2sc(N(CC3CCCO3)C(=O)c3cccc([N+](=O)[O-])c3)nc12. The van der Waals surface area contributed by atoms with Crippen molar-refractivity contribution in [2.24, 2.45) is 0 Å². The second kappa shape index (κ2) is 8.06. The van der Waals surface area contributed by atoms with Crippen LogP contribution in [0, 0.1) is 17.0 Å². The molecule has 0 radical (unpaired) electrons. The first kappa shape index (κ1) is 19.8. The van der Waals surface area contributed by atoms with Crippen molar-refractivity contribution < 1.29 is 14.5 Å². The number of non-ortho nitro benzene ring substituents is 1. The summed E-state index contributed by atoms with van der Waals surface area (Å²) in [6.07, 6.45) is 1.71. The van der Waals surface area contributed by atoms with Gasteiger partial charge in [-0.05, 0) is 43.5 Å². The third-order valence-corrected chi connectivity index (χ3v) is 6.38. The lowest BCUT2D eigenvalue weighted by Crippen LogP contribution is -2.37. The average molecular weight is 432 g/mol. The maximum Gasteiger partial charge on any atom is 0.270 e. The molecule has 9 heteroatoms. The summed E-state index contributed by atoms with van der Waals surface area (Å²) in [6, 6.07) is 9.44. The molecule has 29 heavy (non-hydrogen) atoms. The number of hydrogen-bond acceptors (Lipinski definition) is 6. The van der Waals surface area contributed by atoms with Gasteiger partial charge in [0.2, 0.25) is 0 Å². The number of fused-ring (bicyclic) bond motifs is 1. The Morgan fingerprint density at radius 1 is 1.41 bits per heavy atom. The first-order chi connectivity index (χ1) is 13.9. The van der Waals surface area contributed by atoms with Gasteiger partial charge in [-0.25, -0.2) is 4.98 Å². The number of aromatic nitrogens is 1. The Bertz CT molecular complexity index is 1090. The molecule has 0 aliphatic carbocycles. The number of nitro benzene ring substituents is 1. The zero-order valence-corrected chi connectivity index (χ0v) is 17.2. The number of amides is 1. The number of thiazole rings is 1. The highest BCUT2D eigenvalue weighted by Crippen LogP contribution is 2.35. The molecule has 2 aromatic carbocycles. The molecule has 0 saturated carbocycles. The maximum atomic E-state index is 13.3. The molecule has 3 aromatic rings. The molecule has 1 amide bonds. The Morgan fingerprint density at radius 2 is 2.24 bits per heavy atom. The fourth-order valence-corrected chi connectivity index (χ4v) is 4.54. The molecule has 4 rings (SSSR count). The van der Waals surface area contributed by atoms with Crippen LogP contribution in [0.3, 0.4) is 0 Å². The molecule has 1 unspecified atom stereocenters. The van der Waals surface area contributed by atoms with E-state index in [1.165, 1.54) is 29.5 Å². The van der Waals surface area contributed by atoms with Crippen molar-refractivity contribution in [2.75, 3.05) is 18.1 Å². The standard InChI is InChI=1S/C20H18ClN3O4S/c1-12-16(21)7-8-17-18(12)22-20(29-17)23(11-15-6-3-9-28-15)19(25)13-4-2-5-14(10-13)24(26)27/h2,4-5,7-8,10,15H,3,6,9,11H2,1H3. The second-order valence-corrected chi connectivity index (χ2v) is 8.29. The number of anilines is 1. The van der Waals surface area contributed by atoms with Crippen molar-refractivity contribution in [2.45, 2.75) is 25.9 Å². The highest BCUT2D eigenvalue weighted by molar-refractivity contribution is 7.22. The third kappa shape index (κ3) is 3.96.